The molecule has 2 N–H and O–H groups in total. The minimum atomic E-state index is -0.933. The van der Waals surface area contributed by atoms with Crippen LogP contribution in [0.4, 0.5) is 5.69 Å². The lowest BCUT2D eigenvalue weighted by Crippen LogP contribution is -2.12. The van der Waals surface area contributed by atoms with Gasteiger partial charge in [-0.15, -0.1) is 0 Å². The van der Waals surface area contributed by atoms with E-state index in [4.69, 9.17) is 0 Å². The third-order valence-corrected chi connectivity index (χ3v) is 2.45. The first-order chi connectivity index (χ1) is 9.08. The highest BCUT2D eigenvalue weighted by Crippen LogP contribution is 2.21. The standard InChI is InChI=1S/C13H10N2O4/c16-11-8-10(14-13(17)12(11)15(18)19)7-6-9-4-2-1-3-5-9/h1-8H,(H2,14,16,17). The quantitative estimate of drug-likeness (QED) is 0.651. The van der Waals surface area contributed by atoms with Gasteiger partial charge in [0.2, 0.25) is 5.75 Å². The summed E-state index contributed by atoms with van der Waals surface area (Å²) in [5, 5.41) is 20.0. The van der Waals surface area contributed by atoms with Gasteiger partial charge in [-0.1, -0.05) is 36.4 Å². The van der Waals surface area contributed by atoms with Crippen molar-refractivity contribution in [1.82, 2.24) is 4.98 Å². The number of hydrogen-bond donors (Lipinski definition) is 2. The minimum Gasteiger partial charge on any atom is -0.502 e. The van der Waals surface area contributed by atoms with Gasteiger partial charge >= 0.3 is 11.2 Å². The lowest BCUT2D eigenvalue weighted by atomic mass is 10.2. The highest BCUT2D eigenvalue weighted by atomic mass is 16.6. The first-order valence-electron chi connectivity index (χ1n) is 5.42. The van der Waals surface area contributed by atoms with Crippen LogP contribution >= 0.6 is 0 Å². The Morgan fingerprint density at radius 1 is 1.21 bits per heavy atom. The van der Waals surface area contributed by atoms with Crippen LogP contribution in [0.5, 0.6) is 5.75 Å². The number of aromatic hydroxyl groups is 1. The first-order valence-corrected chi connectivity index (χ1v) is 5.42. The Kier molecular flexibility index (Phi) is 3.42. The molecule has 1 heterocycles. The Labute approximate surface area is 107 Å². The summed E-state index contributed by atoms with van der Waals surface area (Å²) in [7, 11) is 0. The maximum Gasteiger partial charge on any atom is 0.375 e. The second-order valence-corrected chi connectivity index (χ2v) is 3.79. The van der Waals surface area contributed by atoms with Crippen molar-refractivity contribution in [3.63, 3.8) is 0 Å². The van der Waals surface area contributed by atoms with E-state index < -0.39 is 21.9 Å². The zero-order chi connectivity index (χ0) is 13.8. The van der Waals surface area contributed by atoms with Crippen LogP contribution in [0.2, 0.25) is 0 Å². The van der Waals surface area contributed by atoms with Crippen LogP contribution in [0.15, 0.2) is 41.2 Å². The molecule has 0 bridgehead atoms. The number of H-pyrrole nitrogens is 1. The van der Waals surface area contributed by atoms with Gasteiger partial charge in [-0.05, 0) is 11.6 Å². The van der Waals surface area contributed by atoms with Gasteiger partial charge < -0.3 is 10.1 Å². The van der Waals surface area contributed by atoms with Gasteiger partial charge in [0.25, 0.3) is 0 Å². The summed E-state index contributed by atoms with van der Waals surface area (Å²) in [4.78, 5) is 23.4. The maximum atomic E-state index is 11.4. The molecule has 0 unspecified atom stereocenters. The molecule has 0 atom stereocenters. The molecule has 1 aromatic carbocycles. The molecule has 2 aromatic rings. The number of nitrogens with one attached hydrogen (secondary N) is 1. The van der Waals surface area contributed by atoms with E-state index in [0.29, 0.717) is 0 Å². The number of rotatable bonds is 3. The topological polar surface area (TPSA) is 96.2 Å². The zero-order valence-corrected chi connectivity index (χ0v) is 9.74. The van der Waals surface area contributed by atoms with Crippen molar-refractivity contribution in [3.05, 3.63) is 68.1 Å². The summed E-state index contributed by atoms with van der Waals surface area (Å²) in [5.41, 5.74) is -0.590. The van der Waals surface area contributed by atoms with E-state index in [0.717, 1.165) is 11.6 Å². The molecule has 0 amide bonds. The number of pyridine rings is 1. The molecule has 0 spiro atoms. The molecule has 6 heteroatoms. The highest BCUT2D eigenvalue weighted by Gasteiger charge is 2.19. The second kappa shape index (κ2) is 5.18. The van der Waals surface area contributed by atoms with Crippen LogP contribution in [0.3, 0.4) is 0 Å². The van der Waals surface area contributed by atoms with Gasteiger partial charge in [-0.25, -0.2) is 0 Å². The van der Waals surface area contributed by atoms with Crippen molar-refractivity contribution < 1.29 is 10.0 Å². The van der Waals surface area contributed by atoms with Crippen molar-refractivity contribution in [1.29, 1.82) is 0 Å². The van der Waals surface area contributed by atoms with Gasteiger partial charge in [-0.2, -0.15) is 0 Å². The Balaban J connectivity index is 2.36. The van der Waals surface area contributed by atoms with Crippen molar-refractivity contribution in [3.8, 4) is 5.75 Å². The smallest absolute Gasteiger partial charge is 0.375 e. The number of benzene rings is 1. The second-order valence-electron chi connectivity index (χ2n) is 3.79. The summed E-state index contributed by atoms with van der Waals surface area (Å²) in [6.45, 7) is 0. The summed E-state index contributed by atoms with van der Waals surface area (Å²) >= 11 is 0. The molecular formula is C13H10N2O4. The number of nitrogens with zero attached hydrogens (tertiary/aromatic N) is 1. The normalized spacial score (nSPS) is 10.7. The molecule has 19 heavy (non-hydrogen) atoms. The minimum absolute atomic E-state index is 0.289. The van der Waals surface area contributed by atoms with Crippen molar-refractivity contribution >= 4 is 17.8 Å². The molecule has 0 saturated carbocycles. The summed E-state index contributed by atoms with van der Waals surface area (Å²) in [5.74, 6) is -0.651. The van der Waals surface area contributed by atoms with E-state index in [2.05, 4.69) is 4.98 Å². The third-order valence-electron chi connectivity index (χ3n) is 2.45. The van der Waals surface area contributed by atoms with E-state index in [1.165, 1.54) is 0 Å². The van der Waals surface area contributed by atoms with Crippen LogP contribution in [0.25, 0.3) is 12.2 Å². The fourth-order valence-electron chi connectivity index (χ4n) is 1.57. The Hall–Kier alpha value is -2.89. The largest absolute Gasteiger partial charge is 0.502 e. The predicted molar refractivity (Wildman–Crippen MR) is 70.8 cm³/mol. The molecule has 1 aromatic heterocycles. The van der Waals surface area contributed by atoms with Crippen LogP contribution in [-0.4, -0.2) is 15.0 Å². The van der Waals surface area contributed by atoms with Crippen molar-refractivity contribution in [2.45, 2.75) is 0 Å². The summed E-state index contributed by atoms with van der Waals surface area (Å²) in [6.07, 6.45) is 3.27. The molecule has 96 valence electrons. The monoisotopic (exact) mass is 258 g/mol. The van der Waals surface area contributed by atoms with Crippen LogP contribution in [0, 0.1) is 10.1 Å². The molecule has 0 aliphatic rings. The van der Waals surface area contributed by atoms with Gasteiger partial charge in [0, 0.05) is 11.8 Å². The summed E-state index contributed by atoms with van der Waals surface area (Å²) in [6, 6.07) is 10.4. The summed E-state index contributed by atoms with van der Waals surface area (Å²) < 4.78 is 0. The average molecular weight is 258 g/mol. The number of nitro groups is 1. The van der Waals surface area contributed by atoms with Gasteiger partial charge in [0.15, 0.2) is 0 Å². The molecule has 0 saturated heterocycles. The third kappa shape index (κ3) is 2.86. The maximum absolute atomic E-state index is 11.4. The molecule has 0 radical (unpaired) electrons. The van der Waals surface area contributed by atoms with Crippen molar-refractivity contribution in [2.24, 2.45) is 0 Å². The highest BCUT2D eigenvalue weighted by molar-refractivity contribution is 5.69. The zero-order valence-electron chi connectivity index (χ0n) is 9.74. The lowest BCUT2D eigenvalue weighted by molar-refractivity contribution is -0.387. The molecule has 0 aliphatic carbocycles. The van der Waals surface area contributed by atoms with Crippen molar-refractivity contribution in [2.75, 3.05) is 0 Å². The molecule has 0 fully saturated rings. The molecule has 0 aliphatic heterocycles. The predicted octanol–water partition coefficient (Wildman–Crippen LogP) is 2.16. The fourth-order valence-corrected chi connectivity index (χ4v) is 1.57. The SMILES string of the molecule is O=c1[nH]c(C=Cc2ccccc2)cc(O)c1[N+](=O)[O-]. The van der Waals surface area contributed by atoms with Crippen LogP contribution in [0.1, 0.15) is 11.3 Å². The fraction of sp³-hybridized carbons (Fsp3) is 0. The van der Waals surface area contributed by atoms with E-state index in [1.807, 2.05) is 30.3 Å². The number of hydrogen-bond acceptors (Lipinski definition) is 4. The van der Waals surface area contributed by atoms with E-state index in [-0.39, 0.29) is 5.69 Å². The average Bonchev–Trinajstić information content (AvgIpc) is 2.36. The Bertz CT molecular complexity index is 690. The number of aromatic nitrogens is 1. The molecular weight excluding hydrogens is 248 g/mol. The van der Waals surface area contributed by atoms with E-state index in [1.54, 1.807) is 12.2 Å². The Morgan fingerprint density at radius 3 is 2.47 bits per heavy atom. The van der Waals surface area contributed by atoms with Gasteiger partial charge in [-0.3, -0.25) is 14.9 Å². The molecule has 6 nitrogen and oxygen atoms in total. The van der Waals surface area contributed by atoms with Crippen LogP contribution < -0.4 is 5.56 Å². The number of aromatic amines is 1. The Morgan fingerprint density at radius 2 is 1.89 bits per heavy atom. The van der Waals surface area contributed by atoms with Crippen LogP contribution in [-0.2, 0) is 0 Å². The lowest BCUT2D eigenvalue weighted by Gasteiger charge is -1.98. The van der Waals surface area contributed by atoms with Gasteiger partial charge in [0.05, 0.1) is 4.92 Å². The molecule has 2 rings (SSSR count). The van der Waals surface area contributed by atoms with E-state index in [9.17, 15) is 20.0 Å². The van der Waals surface area contributed by atoms with Gasteiger partial charge in [0.1, 0.15) is 0 Å². The van der Waals surface area contributed by atoms with E-state index >= 15 is 0 Å². The first kappa shape index (κ1) is 12.6.